The zero-order chi connectivity index (χ0) is 17.1. The Balaban J connectivity index is 1.50. The van der Waals surface area contributed by atoms with E-state index in [0.717, 1.165) is 21.9 Å². The van der Waals surface area contributed by atoms with Gasteiger partial charge in [0.1, 0.15) is 0 Å². The van der Waals surface area contributed by atoms with Crippen molar-refractivity contribution < 1.29 is 9.21 Å². The topological polar surface area (TPSA) is 80.9 Å². The van der Waals surface area contributed by atoms with Gasteiger partial charge in [-0.1, -0.05) is 47.6 Å². The molecule has 1 N–H and O–H groups in total. The highest BCUT2D eigenvalue weighted by Gasteiger charge is 2.12. The lowest BCUT2D eigenvalue weighted by atomic mass is 10.0. The number of hydrogen-bond acceptors (Lipinski definition) is 5. The molecule has 0 aliphatic rings. The van der Waals surface area contributed by atoms with Gasteiger partial charge in [0, 0.05) is 18.0 Å². The van der Waals surface area contributed by atoms with E-state index in [1.54, 1.807) is 24.5 Å². The van der Waals surface area contributed by atoms with Crippen molar-refractivity contribution in [2.45, 2.75) is 6.42 Å². The molecule has 0 aliphatic carbocycles. The summed E-state index contributed by atoms with van der Waals surface area (Å²) >= 11 is 0. The summed E-state index contributed by atoms with van der Waals surface area (Å²) < 4.78 is 5.48. The third-order valence-electron chi connectivity index (χ3n) is 3.83. The van der Waals surface area contributed by atoms with E-state index < -0.39 is 0 Å². The fraction of sp³-hybridized carbons (Fsp3) is 0.0526. The Morgan fingerprint density at radius 3 is 2.64 bits per heavy atom. The van der Waals surface area contributed by atoms with Crippen molar-refractivity contribution in [1.82, 2.24) is 15.2 Å². The van der Waals surface area contributed by atoms with Gasteiger partial charge in [0.25, 0.3) is 0 Å². The number of aromatic nitrogens is 3. The number of benzene rings is 2. The van der Waals surface area contributed by atoms with Crippen molar-refractivity contribution in [2.75, 3.05) is 5.32 Å². The first kappa shape index (κ1) is 15.0. The second-order valence-corrected chi connectivity index (χ2v) is 5.51. The van der Waals surface area contributed by atoms with Crippen LogP contribution in [0.4, 0.5) is 6.01 Å². The van der Waals surface area contributed by atoms with Gasteiger partial charge in [-0.3, -0.25) is 15.1 Å². The number of nitrogens with one attached hydrogen (secondary N) is 1. The minimum atomic E-state index is -0.207. The molecule has 25 heavy (non-hydrogen) atoms. The number of fused-ring (bicyclic) bond motifs is 1. The first-order valence-corrected chi connectivity index (χ1v) is 7.80. The zero-order valence-corrected chi connectivity index (χ0v) is 13.2. The summed E-state index contributed by atoms with van der Waals surface area (Å²) in [6.07, 6.45) is 3.50. The smallest absolute Gasteiger partial charge is 0.322 e. The van der Waals surface area contributed by atoms with Crippen LogP contribution in [0.1, 0.15) is 5.56 Å². The monoisotopic (exact) mass is 330 g/mol. The quantitative estimate of drug-likeness (QED) is 0.620. The van der Waals surface area contributed by atoms with Crippen LogP contribution in [0.25, 0.3) is 22.2 Å². The Bertz CT molecular complexity index is 1020. The second-order valence-electron chi connectivity index (χ2n) is 5.51. The van der Waals surface area contributed by atoms with Gasteiger partial charge in [0.05, 0.1) is 6.42 Å². The van der Waals surface area contributed by atoms with E-state index in [2.05, 4.69) is 20.5 Å². The number of carbonyl (C=O) groups excluding carboxylic acids is 1. The molecule has 0 fully saturated rings. The van der Waals surface area contributed by atoms with Gasteiger partial charge < -0.3 is 4.42 Å². The third-order valence-corrected chi connectivity index (χ3v) is 3.83. The van der Waals surface area contributed by atoms with Crippen LogP contribution < -0.4 is 5.32 Å². The fourth-order valence-corrected chi connectivity index (χ4v) is 2.67. The first-order valence-electron chi connectivity index (χ1n) is 7.80. The number of pyridine rings is 1. The summed E-state index contributed by atoms with van der Waals surface area (Å²) in [7, 11) is 0. The number of anilines is 1. The summed E-state index contributed by atoms with van der Waals surface area (Å²) in [5.74, 6) is 0.129. The Hall–Kier alpha value is -3.54. The maximum Gasteiger partial charge on any atom is 0.322 e. The van der Waals surface area contributed by atoms with Gasteiger partial charge in [-0.05, 0) is 28.5 Å². The average Bonchev–Trinajstić information content (AvgIpc) is 3.11. The molecule has 0 spiro atoms. The van der Waals surface area contributed by atoms with Crippen molar-refractivity contribution >= 4 is 22.7 Å². The minimum absolute atomic E-state index is 0.0806. The predicted molar refractivity (Wildman–Crippen MR) is 93.8 cm³/mol. The second kappa shape index (κ2) is 6.52. The van der Waals surface area contributed by atoms with Crippen LogP contribution in [0.2, 0.25) is 0 Å². The molecule has 1 amide bonds. The Labute approximate surface area is 143 Å². The molecule has 6 nitrogen and oxygen atoms in total. The van der Waals surface area contributed by atoms with Crippen LogP contribution in [0.3, 0.4) is 0 Å². The lowest BCUT2D eigenvalue weighted by Gasteiger charge is -2.05. The highest BCUT2D eigenvalue weighted by Crippen LogP contribution is 2.21. The molecule has 4 rings (SSSR count). The van der Waals surface area contributed by atoms with E-state index in [1.807, 2.05) is 42.5 Å². The van der Waals surface area contributed by atoms with Crippen molar-refractivity contribution in [3.8, 4) is 11.5 Å². The molecule has 0 saturated carbocycles. The summed E-state index contributed by atoms with van der Waals surface area (Å²) in [5.41, 5.74) is 1.70. The van der Waals surface area contributed by atoms with Crippen LogP contribution in [-0.4, -0.2) is 21.1 Å². The summed E-state index contributed by atoms with van der Waals surface area (Å²) in [6, 6.07) is 17.5. The number of amides is 1. The van der Waals surface area contributed by atoms with E-state index in [0.29, 0.717) is 5.89 Å². The van der Waals surface area contributed by atoms with Gasteiger partial charge in [-0.25, -0.2) is 0 Å². The summed E-state index contributed by atoms with van der Waals surface area (Å²) in [4.78, 5) is 16.3. The van der Waals surface area contributed by atoms with E-state index in [9.17, 15) is 4.79 Å². The molecule has 0 atom stereocenters. The van der Waals surface area contributed by atoms with Crippen molar-refractivity contribution in [2.24, 2.45) is 0 Å². The fourth-order valence-electron chi connectivity index (χ4n) is 2.67. The maximum absolute atomic E-state index is 12.3. The SMILES string of the molecule is O=C(Cc1cccc2ccccc12)Nc1nnc(-c2ccncc2)o1. The molecule has 6 heteroatoms. The summed E-state index contributed by atoms with van der Waals surface area (Å²) in [6.45, 7) is 0. The lowest BCUT2D eigenvalue weighted by Crippen LogP contribution is -2.14. The van der Waals surface area contributed by atoms with Crippen molar-refractivity contribution in [1.29, 1.82) is 0 Å². The molecular weight excluding hydrogens is 316 g/mol. The van der Waals surface area contributed by atoms with Crippen molar-refractivity contribution in [3.05, 3.63) is 72.6 Å². The number of rotatable bonds is 4. The maximum atomic E-state index is 12.3. The van der Waals surface area contributed by atoms with Crippen LogP contribution in [0, 0.1) is 0 Å². The Morgan fingerprint density at radius 2 is 1.76 bits per heavy atom. The lowest BCUT2D eigenvalue weighted by molar-refractivity contribution is -0.115. The van der Waals surface area contributed by atoms with Crippen LogP contribution in [0.5, 0.6) is 0 Å². The molecule has 4 aromatic rings. The van der Waals surface area contributed by atoms with Crippen LogP contribution in [-0.2, 0) is 11.2 Å². The highest BCUT2D eigenvalue weighted by atomic mass is 16.4. The number of nitrogens with zero attached hydrogens (tertiary/aromatic N) is 3. The number of carbonyl (C=O) groups is 1. The molecule has 0 radical (unpaired) electrons. The average molecular weight is 330 g/mol. The molecular formula is C19H14N4O2. The molecule has 0 saturated heterocycles. The Morgan fingerprint density at radius 1 is 0.960 bits per heavy atom. The molecule has 0 aliphatic heterocycles. The standard InChI is InChI=1S/C19H14N4O2/c24-17(12-15-6-3-5-13-4-1-2-7-16(13)15)21-19-23-22-18(25-19)14-8-10-20-11-9-14/h1-11H,12H2,(H,21,23,24). The predicted octanol–water partition coefficient (Wildman–Crippen LogP) is 3.47. The first-order chi connectivity index (χ1) is 12.3. The molecule has 0 unspecified atom stereocenters. The van der Waals surface area contributed by atoms with Gasteiger partial charge >= 0.3 is 6.01 Å². The number of hydrogen-bond donors (Lipinski definition) is 1. The van der Waals surface area contributed by atoms with E-state index in [1.165, 1.54) is 0 Å². The minimum Gasteiger partial charge on any atom is -0.403 e. The largest absolute Gasteiger partial charge is 0.403 e. The van der Waals surface area contributed by atoms with E-state index in [-0.39, 0.29) is 18.3 Å². The van der Waals surface area contributed by atoms with Gasteiger partial charge in [-0.2, -0.15) is 0 Å². The van der Waals surface area contributed by atoms with E-state index >= 15 is 0 Å². The Kier molecular flexibility index (Phi) is 3.92. The summed E-state index contributed by atoms with van der Waals surface area (Å²) in [5, 5.41) is 12.6. The van der Waals surface area contributed by atoms with Crippen LogP contribution in [0.15, 0.2) is 71.4 Å². The van der Waals surface area contributed by atoms with E-state index in [4.69, 9.17) is 4.42 Å². The van der Waals surface area contributed by atoms with Crippen molar-refractivity contribution in [3.63, 3.8) is 0 Å². The molecule has 0 bridgehead atoms. The highest BCUT2D eigenvalue weighted by molar-refractivity contribution is 5.95. The van der Waals surface area contributed by atoms with Crippen LogP contribution >= 0.6 is 0 Å². The molecule has 2 aromatic heterocycles. The molecule has 2 aromatic carbocycles. The third kappa shape index (κ3) is 3.23. The molecule has 2 heterocycles. The zero-order valence-electron chi connectivity index (χ0n) is 13.2. The van der Waals surface area contributed by atoms with Gasteiger partial charge in [0.15, 0.2) is 0 Å². The van der Waals surface area contributed by atoms with Gasteiger partial charge in [-0.15, -0.1) is 5.10 Å². The molecule has 122 valence electrons. The normalized spacial score (nSPS) is 10.7. The van der Waals surface area contributed by atoms with Gasteiger partial charge in [0.2, 0.25) is 11.8 Å².